The molecule has 0 saturated carbocycles. The van der Waals surface area contributed by atoms with E-state index in [9.17, 15) is 9.18 Å². The predicted octanol–water partition coefficient (Wildman–Crippen LogP) is 2.48. The Balaban J connectivity index is 2.68. The monoisotopic (exact) mass is 240 g/mol. The second kappa shape index (κ2) is 3.79. The maximum absolute atomic E-state index is 13.0. The summed E-state index contributed by atoms with van der Waals surface area (Å²) < 4.78 is 14.4. The Morgan fingerprint density at radius 3 is 2.62 bits per heavy atom. The van der Waals surface area contributed by atoms with Crippen molar-refractivity contribution in [2.24, 2.45) is 7.05 Å². The minimum atomic E-state index is -0.490. The van der Waals surface area contributed by atoms with E-state index >= 15 is 0 Å². The first-order valence-corrected chi connectivity index (χ1v) is 5.09. The summed E-state index contributed by atoms with van der Waals surface area (Å²) in [6, 6.07) is 4.25. The number of hydrogen-bond donors (Lipinski definition) is 1. The lowest BCUT2D eigenvalue weighted by Crippen LogP contribution is -2.13. The van der Waals surface area contributed by atoms with Gasteiger partial charge in [-0.05, 0) is 24.6 Å². The van der Waals surface area contributed by atoms with Crippen molar-refractivity contribution in [1.82, 2.24) is 9.78 Å². The molecule has 3 nitrogen and oxygen atoms in total. The number of aromatic amines is 1. The Morgan fingerprint density at radius 2 is 2.12 bits per heavy atom. The maximum atomic E-state index is 13.0. The molecule has 0 radical (unpaired) electrons. The van der Waals surface area contributed by atoms with Gasteiger partial charge in [-0.1, -0.05) is 17.7 Å². The van der Waals surface area contributed by atoms with Crippen LogP contribution in [-0.4, -0.2) is 9.78 Å². The van der Waals surface area contributed by atoms with Gasteiger partial charge < -0.3 is 0 Å². The first kappa shape index (κ1) is 11.0. The van der Waals surface area contributed by atoms with Crippen molar-refractivity contribution in [3.63, 3.8) is 0 Å². The zero-order chi connectivity index (χ0) is 11.9. The highest BCUT2D eigenvalue weighted by molar-refractivity contribution is 6.31. The Bertz CT molecular complexity index is 601. The summed E-state index contributed by atoms with van der Waals surface area (Å²) in [6.07, 6.45) is 0. The molecule has 0 atom stereocenters. The van der Waals surface area contributed by atoms with Crippen LogP contribution in [0.4, 0.5) is 4.39 Å². The molecule has 1 aromatic carbocycles. The minimum absolute atomic E-state index is 0.0140. The number of H-pyrrole nitrogens is 1. The smallest absolute Gasteiger partial charge is 0.274 e. The third kappa shape index (κ3) is 1.65. The van der Waals surface area contributed by atoms with E-state index in [-0.39, 0.29) is 10.6 Å². The Labute approximate surface area is 96.5 Å². The van der Waals surface area contributed by atoms with Gasteiger partial charge in [-0.3, -0.25) is 14.6 Å². The number of benzene rings is 1. The Hall–Kier alpha value is -1.55. The molecule has 2 aromatic rings. The molecule has 0 aliphatic heterocycles. The van der Waals surface area contributed by atoms with E-state index in [1.54, 1.807) is 20.0 Å². The fourth-order valence-corrected chi connectivity index (χ4v) is 1.86. The predicted molar refractivity (Wildman–Crippen MR) is 61.2 cm³/mol. The third-order valence-electron chi connectivity index (χ3n) is 2.44. The number of hydrogen-bond acceptors (Lipinski definition) is 1. The fourth-order valence-electron chi connectivity index (χ4n) is 1.68. The van der Waals surface area contributed by atoms with E-state index in [1.807, 2.05) is 0 Å². The lowest BCUT2D eigenvalue weighted by molar-refractivity contribution is 0.628. The van der Waals surface area contributed by atoms with Gasteiger partial charge in [0.05, 0.1) is 10.6 Å². The maximum Gasteiger partial charge on any atom is 0.274 e. The van der Waals surface area contributed by atoms with Crippen LogP contribution in [0, 0.1) is 12.7 Å². The number of halogens is 2. The molecule has 0 saturated heterocycles. The van der Waals surface area contributed by atoms with Crippen molar-refractivity contribution < 1.29 is 4.39 Å². The van der Waals surface area contributed by atoms with Crippen LogP contribution in [0.15, 0.2) is 23.0 Å². The van der Waals surface area contributed by atoms with Crippen LogP contribution in [-0.2, 0) is 7.05 Å². The average Bonchev–Trinajstić information content (AvgIpc) is 2.47. The molecule has 0 fully saturated rings. The van der Waals surface area contributed by atoms with Crippen molar-refractivity contribution >= 4 is 11.6 Å². The molecule has 0 bridgehead atoms. The Kier molecular flexibility index (Phi) is 2.59. The largest absolute Gasteiger partial charge is 0.300 e. The summed E-state index contributed by atoms with van der Waals surface area (Å²) in [7, 11) is 1.63. The summed E-state index contributed by atoms with van der Waals surface area (Å²) in [4.78, 5) is 11.8. The van der Waals surface area contributed by atoms with Crippen molar-refractivity contribution in [3.05, 3.63) is 45.1 Å². The summed E-state index contributed by atoms with van der Waals surface area (Å²) in [6.45, 7) is 1.79. The number of rotatable bonds is 1. The van der Waals surface area contributed by atoms with E-state index in [1.165, 1.54) is 16.8 Å². The molecule has 0 unspecified atom stereocenters. The summed E-state index contributed by atoms with van der Waals surface area (Å²) in [5.41, 5.74) is 1.71. The van der Waals surface area contributed by atoms with Crippen LogP contribution >= 0.6 is 11.6 Å². The molecule has 0 amide bonds. The molecule has 0 aliphatic rings. The molecular formula is C11H10ClFN2O. The SMILES string of the molecule is Cc1[nH]n(C)c(=O)c1-c1ccc(F)c(Cl)c1. The summed E-state index contributed by atoms with van der Waals surface area (Å²) >= 11 is 5.68. The van der Waals surface area contributed by atoms with E-state index in [0.717, 1.165) is 5.69 Å². The van der Waals surface area contributed by atoms with Gasteiger partial charge in [0.25, 0.3) is 5.56 Å². The molecule has 16 heavy (non-hydrogen) atoms. The standard InChI is InChI=1S/C11H10ClFN2O/c1-6-10(11(16)15(2)14-6)7-3-4-9(13)8(12)5-7/h3-5,14H,1-2H3. The van der Waals surface area contributed by atoms with Crippen molar-refractivity contribution in [2.45, 2.75) is 6.92 Å². The lowest BCUT2D eigenvalue weighted by atomic mass is 10.1. The van der Waals surface area contributed by atoms with E-state index in [2.05, 4.69) is 5.10 Å². The molecule has 0 aliphatic carbocycles. The van der Waals surface area contributed by atoms with Gasteiger partial charge in [-0.15, -0.1) is 0 Å². The molecule has 1 heterocycles. The fraction of sp³-hybridized carbons (Fsp3) is 0.182. The number of aromatic nitrogens is 2. The van der Waals surface area contributed by atoms with Gasteiger partial charge in [-0.25, -0.2) is 4.39 Å². The zero-order valence-electron chi connectivity index (χ0n) is 8.84. The van der Waals surface area contributed by atoms with Crippen LogP contribution in [0.1, 0.15) is 5.69 Å². The average molecular weight is 241 g/mol. The van der Waals surface area contributed by atoms with Crippen LogP contribution < -0.4 is 5.56 Å². The molecular weight excluding hydrogens is 231 g/mol. The van der Waals surface area contributed by atoms with Gasteiger partial charge in [0.2, 0.25) is 0 Å². The van der Waals surface area contributed by atoms with Gasteiger partial charge in [-0.2, -0.15) is 0 Å². The van der Waals surface area contributed by atoms with Gasteiger partial charge in [0.1, 0.15) is 5.82 Å². The first-order chi connectivity index (χ1) is 7.50. The number of nitrogens with zero attached hydrogens (tertiary/aromatic N) is 1. The van der Waals surface area contributed by atoms with Crippen molar-refractivity contribution in [3.8, 4) is 11.1 Å². The van der Waals surface area contributed by atoms with Crippen LogP contribution in [0.5, 0.6) is 0 Å². The van der Waals surface area contributed by atoms with E-state index in [4.69, 9.17) is 11.6 Å². The number of aryl methyl sites for hydroxylation is 2. The van der Waals surface area contributed by atoms with Gasteiger partial charge >= 0.3 is 0 Å². The highest BCUT2D eigenvalue weighted by Gasteiger charge is 2.12. The summed E-state index contributed by atoms with van der Waals surface area (Å²) in [5, 5.41) is 2.89. The third-order valence-corrected chi connectivity index (χ3v) is 2.73. The van der Waals surface area contributed by atoms with Gasteiger partial charge in [0, 0.05) is 12.7 Å². The van der Waals surface area contributed by atoms with Crippen LogP contribution in [0.2, 0.25) is 5.02 Å². The zero-order valence-corrected chi connectivity index (χ0v) is 9.60. The van der Waals surface area contributed by atoms with Crippen LogP contribution in [0.25, 0.3) is 11.1 Å². The normalized spacial score (nSPS) is 10.8. The van der Waals surface area contributed by atoms with Crippen molar-refractivity contribution in [1.29, 1.82) is 0 Å². The minimum Gasteiger partial charge on any atom is -0.300 e. The second-order valence-corrected chi connectivity index (χ2v) is 4.01. The van der Waals surface area contributed by atoms with E-state index < -0.39 is 5.82 Å². The molecule has 1 N–H and O–H groups in total. The summed E-state index contributed by atoms with van der Waals surface area (Å²) in [5.74, 6) is -0.490. The molecule has 5 heteroatoms. The van der Waals surface area contributed by atoms with Gasteiger partial charge in [0.15, 0.2) is 0 Å². The molecule has 0 spiro atoms. The van der Waals surface area contributed by atoms with Crippen LogP contribution in [0.3, 0.4) is 0 Å². The quantitative estimate of drug-likeness (QED) is 0.817. The Morgan fingerprint density at radius 1 is 1.44 bits per heavy atom. The van der Waals surface area contributed by atoms with E-state index in [0.29, 0.717) is 11.1 Å². The highest BCUT2D eigenvalue weighted by Crippen LogP contribution is 2.24. The lowest BCUT2D eigenvalue weighted by Gasteiger charge is -2.00. The highest BCUT2D eigenvalue weighted by atomic mass is 35.5. The first-order valence-electron chi connectivity index (χ1n) is 4.71. The van der Waals surface area contributed by atoms with Crippen molar-refractivity contribution in [2.75, 3.05) is 0 Å². The molecule has 1 aromatic heterocycles. The molecule has 2 rings (SSSR count). The second-order valence-electron chi connectivity index (χ2n) is 3.60. The molecule has 84 valence electrons. The topological polar surface area (TPSA) is 37.8 Å². The number of nitrogens with one attached hydrogen (secondary N) is 1.